The van der Waals surface area contributed by atoms with Crippen molar-refractivity contribution in [3.8, 4) is 0 Å². The van der Waals surface area contributed by atoms with Gasteiger partial charge in [-0.15, -0.1) is 0 Å². The third-order valence-corrected chi connectivity index (χ3v) is 2.47. The molecule has 0 fully saturated rings. The summed E-state index contributed by atoms with van der Waals surface area (Å²) in [5.41, 5.74) is 1.99. The van der Waals surface area contributed by atoms with Gasteiger partial charge in [0.25, 0.3) is 0 Å². The van der Waals surface area contributed by atoms with Crippen molar-refractivity contribution in [1.82, 2.24) is 19.7 Å². The Balaban J connectivity index is 2.00. The van der Waals surface area contributed by atoms with Crippen molar-refractivity contribution in [2.75, 3.05) is 13.2 Å². The van der Waals surface area contributed by atoms with Crippen LogP contribution in [0.4, 0.5) is 13.2 Å². The van der Waals surface area contributed by atoms with E-state index in [4.69, 9.17) is 0 Å². The smallest absolute Gasteiger partial charge is 0.370 e. The highest BCUT2D eigenvalue weighted by Crippen LogP contribution is 2.14. The predicted molar refractivity (Wildman–Crippen MR) is 61.6 cm³/mol. The zero-order valence-electron chi connectivity index (χ0n) is 10.3. The van der Waals surface area contributed by atoms with Crippen molar-refractivity contribution < 1.29 is 17.9 Å². The standard InChI is InChI=1S/C11H13F3N4O/c1-2-8-5-15-9-6-16-18(10(9)17-8)3-4-19-7-11(12,13)14/h5-6H,2-4,7H2,1H3. The predicted octanol–water partition coefficient (Wildman–Crippen LogP) is 1.97. The Bertz CT molecular complexity index is 552. The monoisotopic (exact) mass is 274 g/mol. The highest BCUT2D eigenvalue weighted by atomic mass is 19.4. The highest BCUT2D eigenvalue weighted by Gasteiger charge is 2.27. The summed E-state index contributed by atoms with van der Waals surface area (Å²) < 4.78 is 41.8. The van der Waals surface area contributed by atoms with Gasteiger partial charge in [-0.2, -0.15) is 18.3 Å². The second kappa shape index (κ2) is 5.52. The molecule has 0 unspecified atom stereocenters. The molecule has 2 aromatic rings. The summed E-state index contributed by atoms with van der Waals surface area (Å²) in [6, 6.07) is 0. The minimum Gasteiger partial charge on any atom is -0.370 e. The third-order valence-electron chi connectivity index (χ3n) is 2.47. The van der Waals surface area contributed by atoms with Gasteiger partial charge in [0.1, 0.15) is 12.1 Å². The molecule has 5 nitrogen and oxygen atoms in total. The van der Waals surface area contributed by atoms with E-state index >= 15 is 0 Å². The molecule has 0 spiro atoms. The zero-order chi connectivity index (χ0) is 13.9. The molecule has 0 atom stereocenters. The Morgan fingerprint density at radius 3 is 2.79 bits per heavy atom. The molecule has 0 radical (unpaired) electrons. The largest absolute Gasteiger partial charge is 0.411 e. The maximum absolute atomic E-state index is 11.9. The Hall–Kier alpha value is -1.70. The Morgan fingerprint density at radius 1 is 1.32 bits per heavy atom. The van der Waals surface area contributed by atoms with E-state index in [1.54, 1.807) is 6.20 Å². The summed E-state index contributed by atoms with van der Waals surface area (Å²) in [5, 5.41) is 4.04. The summed E-state index contributed by atoms with van der Waals surface area (Å²) >= 11 is 0. The van der Waals surface area contributed by atoms with Gasteiger partial charge in [-0.3, -0.25) is 0 Å². The molecule has 0 saturated heterocycles. The SMILES string of the molecule is CCc1cnc2cnn(CCOCC(F)(F)F)c2n1. The molecule has 0 aliphatic rings. The van der Waals surface area contributed by atoms with Crippen LogP contribution in [0.5, 0.6) is 0 Å². The number of fused-ring (bicyclic) bond motifs is 1. The molecule has 19 heavy (non-hydrogen) atoms. The normalized spacial score (nSPS) is 12.2. The molecule has 0 saturated carbocycles. The number of alkyl halides is 3. The molecule has 2 rings (SSSR count). The first-order valence-corrected chi connectivity index (χ1v) is 5.81. The van der Waals surface area contributed by atoms with Crippen molar-refractivity contribution in [2.24, 2.45) is 0 Å². The van der Waals surface area contributed by atoms with Crippen LogP contribution in [0.15, 0.2) is 12.4 Å². The molecule has 0 aliphatic heterocycles. The first-order valence-electron chi connectivity index (χ1n) is 5.81. The summed E-state index contributed by atoms with van der Waals surface area (Å²) in [6.07, 6.45) is -0.375. The van der Waals surface area contributed by atoms with Gasteiger partial charge < -0.3 is 4.74 Å². The minimum atomic E-state index is -4.30. The van der Waals surface area contributed by atoms with E-state index in [2.05, 4.69) is 19.8 Å². The number of nitrogens with zero attached hydrogens (tertiary/aromatic N) is 4. The first kappa shape index (κ1) is 13.7. The number of aromatic nitrogens is 4. The zero-order valence-corrected chi connectivity index (χ0v) is 10.3. The van der Waals surface area contributed by atoms with Crippen LogP contribution < -0.4 is 0 Å². The summed E-state index contributed by atoms with van der Waals surface area (Å²) in [4.78, 5) is 8.51. The van der Waals surface area contributed by atoms with Crippen molar-refractivity contribution in [1.29, 1.82) is 0 Å². The number of hydrogen-bond donors (Lipinski definition) is 0. The van der Waals surface area contributed by atoms with Gasteiger partial charge in [0, 0.05) is 6.20 Å². The Morgan fingerprint density at radius 2 is 2.11 bits per heavy atom. The molecule has 8 heteroatoms. The molecule has 0 bridgehead atoms. The van der Waals surface area contributed by atoms with Crippen molar-refractivity contribution >= 4 is 11.2 Å². The van der Waals surface area contributed by atoms with Crippen molar-refractivity contribution in [2.45, 2.75) is 26.1 Å². The number of halogens is 3. The lowest BCUT2D eigenvalue weighted by Crippen LogP contribution is -2.19. The van der Waals surface area contributed by atoms with E-state index in [9.17, 15) is 13.2 Å². The van der Waals surface area contributed by atoms with Crippen molar-refractivity contribution in [3.05, 3.63) is 18.1 Å². The van der Waals surface area contributed by atoms with Gasteiger partial charge in [0.2, 0.25) is 0 Å². The second-order valence-electron chi connectivity index (χ2n) is 3.96. The third kappa shape index (κ3) is 3.63. The van der Waals surface area contributed by atoms with E-state index in [1.165, 1.54) is 10.9 Å². The van der Waals surface area contributed by atoms with Crippen LogP contribution in [0, 0.1) is 0 Å². The minimum absolute atomic E-state index is 0.0751. The molecule has 0 N–H and O–H groups in total. The number of ether oxygens (including phenoxy) is 1. The van der Waals surface area contributed by atoms with Crippen LogP contribution in [0.25, 0.3) is 11.2 Å². The molecule has 104 valence electrons. The van der Waals surface area contributed by atoms with E-state index in [0.717, 1.165) is 12.1 Å². The van der Waals surface area contributed by atoms with Crippen LogP contribution in [0.1, 0.15) is 12.6 Å². The van der Waals surface area contributed by atoms with E-state index in [0.29, 0.717) is 11.2 Å². The molecule has 0 aromatic carbocycles. The average Bonchev–Trinajstić information content (AvgIpc) is 2.76. The van der Waals surface area contributed by atoms with E-state index in [1.807, 2.05) is 6.92 Å². The van der Waals surface area contributed by atoms with Crippen LogP contribution in [0.2, 0.25) is 0 Å². The maximum Gasteiger partial charge on any atom is 0.411 e. The fraction of sp³-hybridized carbons (Fsp3) is 0.545. The molecule has 2 aromatic heterocycles. The van der Waals surface area contributed by atoms with E-state index < -0.39 is 12.8 Å². The molecule has 0 amide bonds. The van der Waals surface area contributed by atoms with Crippen LogP contribution in [-0.4, -0.2) is 39.1 Å². The van der Waals surface area contributed by atoms with Gasteiger partial charge in [-0.05, 0) is 6.42 Å². The topological polar surface area (TPSA) is 52.8 Å². The fourth-order valence-corrected chi connectivity index (χ4v) is 1.56. The number of rotatable bonds is 5. The molecular weight excluding hydrogens is 261 g/mol. The van der Waals surface area contributed by atoms with Gasteiger partial charge in [-0.1, -0.05) is 6.92 Å². The van der Waals surface area contributed by atoms with Crippen LogP contribution in [-0.2, 0) is 17.7 Å². The van der Waals surface area contributed by atoms with Gasteiger partial charge in [-0.25, -0.2) is 14.6 Å². The summed E-state index contributed by atoms with van der Waals surface area (Å²) in [6.45, 7) is 0.830. The van der Waals surface area contributed by atoms with Crippen molar-refractivity contribution in [3.63, 3.8) is 0 Å². The highest BCUT2D eigenvalue weighted by molar-refractivity contribution is 5.69. The van der Waals surface area contributed by atoms with Gasteiger partial charge in [0.15, 0.2) is 5.65 Å². The van der Waals surface area contributed by atoms with Gasteiger partial charge >= 0.3 is 6.18 Å². The van der Waals surface area contributed by atoms with Crippen LogP contribution in [0.3, 0.4) is 0 Å². The van der Waals surface area contributed by atoms with E-state index in [-0.39, 0.29) is 13.2 Å². The number of hydrogen-bond acceptors (Lipinski definition) is 4. The Kier molecular flexibility index (Phi) is 3.98. The van der Waals surface area contributed by atoms with Gasteiger partial charge in [0.05, 0.1) is 25.0 Å². The lowest BCUT2D eigenvalue weighted by molar-refractivity contribution is -0.174. The molecule has 0 aliphatic carbocycles. The summed E-state index contributed by atoms with van der Waals surface area (Å²) in [7, 11) is 0. The molecule has 2 heterocycles. The summed E-state index contributed by atoms with van der Waals surface area (Å²) in [5.74, 6) is 0. The first-order chi connectivity index (χ1) is 8.99. The second-order valence-corrected chi connectivity index (χ2v) is 3.96. The quantitative estimate of drug-likeness (QED) is 0.782. The fourth-order valence-electron chi connectivity index (χ4n) is 1.56. The lowest BCUT2D eigenvalue weighted by atomic mass is 10.3. The lowest BCUT2D eigenvalue weighted by Gasteiger charge is -2.08. The Labute approximate surface area is 107 Å². The average molecular weight is 274 g/mol. The van der Waals surface area contributed by atoms with Crippen LogP contribution >= 0.6 is 0 Å². The maximum atomic E-state index is 11.9. The number of aryl methyl sites for hydroxylation is 1. The molecular formula is C11H13F3N4O.